The number of carbonyl (C=O) groups is 3. The van der Waals surface area contributed by atoms with E-state index in [-0.39, 0.29) is 49.1 Å². The van der Waals surface area contributed by atoms with Crippen LogP contribution in [-0.2, 0) is 47.5 Å². The topological polar surface area (TPSA) is 255 Å². The molecular weight excluding hydrogens is 927 g/mol. The van der Waals surface area contributed by atoms with Crippen molar-refractivity contribution in [1.82, 2.24) is 10.2 Å². The minimum absolute atomic E-state index is 0.0106. The van der Waals surface area contributed by atoms with E-state index in [1.54, 1.807) is 73.7 Å². The Morgan fingerprint density at radius 1 is 1.01 bits per heavy atom. The molecule has 3 heterocycles. The molecule has 18 atom stereocenters. The zero-order chi connectivity index (χ0) is 51.1. The lowest BCUT2D eigenvalue weighted by molar-refractivity contribution is -0.387. The van der Waals surface area contributed by atoms with Gasteiger partial charge in [0.25, 0.3) is 5.69 Å². The molecular formula is C47H77N3O16S2. The Balaban J connectivity index is 1.76. The van der Waals surface area contributed by atoms with E-state index in [4.69, 9.17) is 33.2 Å². The van der Waals surface area contributed by atoms with Crippen LogP contribution in [0.3, 0.4) is 0 Å². The second-order valence-corrected chi connectivity index (χ2v) is 22.2. The first-order chi connectivity index (χ1) is 31.7. The summed E-state index contributed by atoms with van der Waals surface area (Å²) in [4.78, 5) is 54.2. The van der Waals surface area contributed by atoms with Gasteiger partial charge in [0.1, 0.15) is 30.0 Å². The maximum Gasteiger partial charge on any atom is 0.329 e. The van der Waals surface area contributed by atoms with Crippen LogP contribution in [0.2, 0.25) is 0 Å². The number of nitrogens with one attached hydrogen (secondary N) is 1. The fraction of sp³-hybridized carbons (Fsp3) is 0.809. The number of aliphatic hydroxyl groups excluding tert-OH is 2. The quantitative estimate of drug-likeness (QED) is 0.0728. The summed E-state index contributed by atoms with van der Waals surface area (Å²) in [5, 5.41) is 61.6. The Kier molecular flexibility index (Phi) is 21.0. The lowest BCUT2D eigenvalue weighted by Crippen LogP contribution is -2.59. The second kappa shape index (κ2) is 24.6. The zero-order valence-corrected chi connectivity index (χ0v) is 43.5. The van der Waals surface area contributed by atoms with Crippen molar-refractivity contribution in [2.45, 2.75) is 203 Å². The van der Waals surface area contributed by atoms with Crippen molar-refractivity contribution in [3.63, 3.8) is 0 Å². The van der Waals surface area contributed by atoms with E-state index in [2.05, 4.69) is 5.32 Å². The van der Waals surface area contributed by atoms with Gasteiger partial charge in [0.05, 0.1) is 51.4 Å². The molecule has 0 aromatic heterocycles. The number of methoxy groups -OCH3 is 1. The molecule has 1 aromatic carbocycles. The minimum atomic E-state index is -1.88. The van der Waals surface area contributed by atoms with Crippen LogP contribution in [0.1, 0.15) is 108 Å². The standard InChI is InChI=1S/C47H77N3O16S2/c1-14-36-47(11,57)39(52)29(6)49(12)23-25(2)21-45(9,56)41(27(4)38(28(5)42(54)64-36)65-37-22-46(10,60-13)40(53)30(7)62-37)66-44-34(20-19-26(3)61-44)63-43(55)32(48-31(8)51)24-67-68-35-18-16-15-17-33(35)50(58)59/h15-18,25-30,32,34,36-41,44,52-53,56-57H,14,19-24H2,1-13H3,(H,48,51)/t25-,26?,27+,28-,29-,30+,32+,34?,36-,37+,38+,39-,40+,41-,44?,45-,46-,47-/m1/s1. The molecule has 0 spiro atoms. The highest BCUT2D eigenvalue weighted by atomic mass is 33.1. The number of cyclic esters (lactones) is 1. The summed E-state index contributed by atoms with van der Waals surface area (Å²) >= 11 is 0. The first-order valence-corrected chi connectivity index (χ1v) is 25.9. The Morgan fingerprint density at radius 2 is 1.68 bits per heavy atom. The number of nitro groups is 1. The van der Waals surface area contributed by atoms with Gasteiger partial charge in [0, 0.05) is 50.8 Å². The largest absolute Gasteiger partial charge is 0.459 e. The molecule has 3 fully saturated rings. The van der Waals surface area contributed by atoms with Gasteiger partial charge in [0.2, 0.25) is 5.91 Å². The zero-order valence-electron chi connectivity index (χ0n) is 41.8. The number of ether oxygens (including phenoxy) is 7. The number of amides is 1. The Bertz CT molecular complexity index is 1850. The van der Waals surface area contributed by atoms with Crippen molar-refractivity contribution in [2.24, 2.45) is 17.8 Å². The third-order valence-electron chi connectivity index (χ3n) is 13.8. The number of aliphatic hydroxyl groups is 4. The summed E-state index contributed by atoms with van der Waals surface area (Å²) < 4.78 is 44.2. The van der Waals surface area contributed by atoms with Crippen LogP contribution in [0.25, 0.3) is 0 Å². The number of esters is 2. The van der Waals surface area contributed by atoms with Crippen LogP contribution < -0.4 is 5.32 Å². The van der Waals surface area contributed by atoms with Gasteiger partial charge >= 0.3 is 11.9 Å². The van der Waals surface area contributed by atoms with E-state index in [1.165, 1.54) is 27.0 Å². The third kappa shape index (κ3) is 14.5. The molecule has 0 aliphatic carbocycles. The molecule has 5 N–H and O–H groups in total. The number of hydrogen-bond acceptors (Lipinski definition) is 19. The summed E-state index contributed by atoms with van der Waals surface area (Å²) in [5.74, 6) is -4.35. The average molecular weight is 1000 g/mol. The molecule has 1 aromatic rings. The van der Waals surface area contributed by atoms with E-state index in [1.807, 2.05) is 18.7 Å². The van der Waals surface area contributed by atoms with Crippen LogP contribution >= 0.6 is 21.6 Å². The van der Waals surface area contributed by atoms with Gasteiger partial charge in [-0.05, 0) is 93.2 Å². The second-order valence-electron chi connectivity index (χ2n) is 19.8. The molecule has 3 saturated heterocycles. The molecule has 0 bridgehead atoms. The fourth-order valence-corrected chi connectivity index (χ4v) is 12.1. The molecule has 68 heavy (non-hydrogen) atoms. The highest BCUT2D eigenvalue weighted by molar-refractivity contribution is 8.76. The van der Waals surface area contributed by atoms with E-state index < -0.39 is 119 Å². The highest BCUT2D eigenvalue weighted by Gasteiger charge is 2.52. The summed E-state index contributed by atoms with van der Waals surface area (Å²) in [6.07, 6.45) is -9.30. The summed E-state index contributed by atoms with van der Waals surface area (Å²) in [6, 6.07) is 4.40. The van der Waals surface area contributed by atoms with Gasteiger partial charge in [-0.3, -0.25) is 19.7 Å². The predicted octanol–water partition coefficient (Wildman–Crippen LogP) is 4.76. The monoisotopic (exact) mass is 1000 g/mol. The van der Waals surface area contributed by atoms with Gasteiger partial charge in [0.15, 0.2) is 18.7 Å². The number of likely N-dealkylation sites (N-methyl/N-ethyl adjacent to an activating group) is 1. The molecule has 0 saturated carbocycles. The van der Waals surface area contributed by atoms with Crippen molar-refractivity contribution in [1.29, 1.82) is 0 Å². The molecule has 3 unspecified atom stereocenters. The number of rotatable bonds is 14. The number of nitrogens with zero attached hydrogens (tertiary/aromatic N) is 2. The van der Waals surface area contributed by atoms with Crippen LogP contribution in [0, 0.1) is 27.9 Å². The van der Waals surface area contributed by atoms with E-state index in [0.29, 0.717) is 17.9 Å². The van der Waals surface area contributed by atoms with E-state index in [9.17, 15) is 44.9 Å². The van der Waals surface area contributed by atoms with Crippen LogP contribution in [-0.4, -0.2) is 165 Å². The first kappa shape index (κ1) is 57.9. The number of carbonyl (C=O) groups excluding carboxylic acids is 3. The number of nitro benzene ring substituents is 1. The third-order valence-corrected chi connectivity index (χ3v) is 16.2. The molecule has 3 aliphatic rings. The average Bonchev–Trinajstić information content (AvgIpc) is 3.26. The van der Waals surface area contributed by atoms with Crippen molar-refractivity contribution in [3.8, 4) is 0 Å². The number of benzene rings is 1. The van der Waals surface area contributed by atoms with Crippen LogP contribution in [0.15, 0.2) is 29.2 Å². The van der Waals surface area contributed by atoms with Crippen molar-refractivity contribution in [2.75, 3.05) is 26.5 Å². The van der Waals surface area contributed by atoms with Gasteiger partial charge < -0.3 is 63.8 Å². The molecule has 21 heteroatoms. The first-order valence-electron chi connectivity index (χ1n) is 23.6. The molecule has 3 aliphatic heterocycles. The van der Waals surface area contributed by atoms with Crippen LogP contribution in [0.5, 0.6) is 0 Å². The van der Waals surface area contributed by atoms with Crippen molar-refractivity contribution >= 4 is 45.1 Å². The van der Waals surface area contributed by atoms with Gasteiger partial charge in [-0.1, -0.05) is 54.5 Å². The molecule has 1 amide bonds. The Labute approximate surface area is 408 Å². The lowest BCUT2D eigenvalue weighted by Gasteiger charge is -2.48. The highest BCUT2D eigenvalue weighted by Crippen LogP contribution is 2.41. The molecule has 4 rings (SSSR count). The Morgan fingerprint density at radius 3 is 2.29 bits per heavy atom. The van der Waals surface area contributed by atoms with Crippen molar-refractivity contribution in [3.05, 3.63) is 34.4 Å². The van der Waals surface area contributed by atoms with Gasteiger partial charge in [-0.2, -0.15) is 0 Å². The predicted molar refractivity (Wildman–Crippen MR) is 254 cm³/mol. The SMILES string of the molecule is CC[C@H]1OC(=O)[C@H](C)[C@@H](O[C@H]2C[C@@](C)(OC)[C@@H](O)[C@H](C)O2)[C@H](C)[C@@H](OC2OC(C)CCC2OC(=O)[C@H](CSSc2ccccc2[N+](=O)[O-])NC(C)=O)[C@](C)(O)C[C@@H](C)CN(C)[C@H](C)[C@@H](O)[C@]1(C)O. The fourth-order valence-electron chi connectivity index (χ4n) is 9.73. The van der Waals surface area contributed by atoms with E-state index >= 15 is 0 Å². The summed E-state index contributed by atoms with van der Waals surface area (Å²) in [5.41, 5.74) is -4.80. The molecule has 0 radical (unpaired) electrons. The normalized spacial score (nSPS) is 39.7. The van der Waals surface area contributed by atoms with Gasteiger partial charge in [-0.25, -0.2) is 4.79 Å². The van der Waals surface area contributed by atoms with E-state index in [0.717, 1.165) is 21.6 Å². The number of hydrogen-bond donors (Lipinski definition) is 5. The Hall–Kier alpha value is -2.67. The summed E-state index contributed by atoms with van der Waals surface area (Å²) in [6.45, 7) is 18.7. The molecule has 388 valence electrons. The smallest absolute Gasteiger partial charge is 0.329 e. The lowest BCUT2D eigenvalue weighted by atomic mass is 9.77. The van der Waals surface area contributed by atoms with Gasteiger partial charge in [-0.15, -0.1) is 0 Å². The maximum absolute atomic E-state index is 14.5. The summed E-state index contributed by atoms with van der Waals surface area (Å²) in [7, 11) is 5.48. The van der Waals surface area contributed by atoms with Crippen molar-refractivity contribution < 1.29 is 72.9 Å². The minimum Gasteiger partial charge on any atom is -0.459 e. The van der Waals surface area contributed by atoms with Crippen LogP contribution in [0.4, 0.5) is 5.69 Å². The molecule has 19 nitrogen and oxygen atoms in total. The number of para-hydroxylation sites is 1. The maximum atomic E-state index is 14.5.